The average Bonchev–Trinajstić information content (AvgIpc) is 2.06. The van der Waals surface area contributed by atoms with Crippen LogP contribution in [0.15, 0.2) is 12.3 Å². The number of alkyl halides is 3. The maximum absolute atomic E-state index is 12.8. The molecule has 1 aromatic heterocycles. The number of hydrogen-bond acceptors (Lipinski definition) is 2. The van der Waals surface area contributed by atoms with Crippen LogP contribution in [0.1, 0.15) is 11.6 Å². The molecule has 0 bridgehead atoms. The second-order valence-corrected chi connectivity index (χ2v) is 2.99. The average molecular weight is 229 g/mol. The Hall–Kier alpha value is -0.880. The highest BCUT2D eigenvalue weighted by atomic mass is 35.5. The molecule has 0 aliphatic carbocycles. The Balaban J connectivity index is 3.12. The molecule has 0 saturated heterocycles. The summed E-state index contributed by atoms with van der Waals surface area (Å²) in [6, 6.07) is -1.60. The standard InChI is InChI=1S/C7H5ClF4N2/c8-3-1-4(6(9)14-2-3)5(13)7(10,11)12/h1-2,5H,13H2/t5-/m0/s1. The van der Waals surface area contributed by atoms with Crippen molar-refractivity contribution >= 4 is 11.6 Å². The van der Waals surface area contributed by atoms with Gasteiger partial charge in [0, 0.05) is 11.8 Å². The van der Waals surface area contributed by atoms with Crippen molar-refractivity contribution in [2.45, 2.75) is 12.2 Å². The third-order valence-electron chi connectivity index (χ3n) is 1.52. The van der Waals surface area contributed by atoms with Crippen molar-refractivity contribution in [3.63, 3.8) is 0 Å². The zero-order chi connectivity index (χ0) is 10.9. The fourth-order valence-electron chi connectivity index (χ4n) is 0.833. The number of pyridine rings is 1. The lowest BCUT2D eigenvalue weighted by molar-refractivity contribution is -0.149. The molecule has 14 heavy (non-hydrogen) atoms. The van der Waals surface area contributed by atoms with Crippen LogP contribution < -0.4 is 5.73 Å². The van der Waals surface area contributed by atoms with Gasteiger partial charge in [0.15, 0.2) is 0 Å². The number of nitrogens with two attached hydrogens (primary N) is 1. The monoisotopic (exact) mass is 228 g/mol. The Bertz CT molecular complexity index is 339. The largest absolute Gasteiger partial charge is 0.407 e. The Morgan fingerprint density at radius 1 is 1.43 bits per heavy atom. The summed E-state index contributed by atoms with van der Waals surface area (Å²) >= 11 is 5.36. The molecule has 0 spiro atoms. The van der Waals surface area contributed by atoms with Crippen LogP contribution in [0.4, 0.5) is 17.6 Å². The molecule has 0 fully saturated rings. The van der Waals surface area contributed by atoms with Crippen molar-refractivity contribution in [2.24, 2.45) is 5.73 Å². The molecule has 1 rings (SSSR count). The lowest BCUT2D eigenvalue weighted by Crippen LogP contribution is -2.29. The molecule has 78 valence electrons. The zero-order valence-electron chi connectivity index (χ0n) is 6.65. The number of halogens is 5. The fourth-order valence-corrected chi connectivity index (χ4v) is 0.999. The molecule has 0 aliphatic rings. The summed E-state index contributed by atoms with van der Waals surface area (Å²) in [5, 5.41) is -0.0962. The minimum atomic E-state index is -4.72. The maximum atomic E-state index is 12.8. The van der Waals surface area contributed by atoms with E-state index < -0.39 is 23.7 Å². The second kappa shape index (κ2) is 3.70. The molecule has 2 nitrogen and oxygen atoms in total. The SMILES string of the molecule is N[C@@H](c1cc(Cl)cnc1F)C(F)(F)F. The van der Waals surface area contributed by atoms with Gasteiger partial charge in [-0.25, -0.2) is 4.98 Å². The number of rotatable bonds is 1. The maximum Gasteiger partial charge on any atom is 0.407 e. The van der Waals surface area contributed by atoms with E-state index in [9.17, 15) is 17.6 Å². The molecule has 2 N–H and O–H groups in total. The third kappa shape index (κ3) is 2.33. The van der Waals surface area contributed by atoms with Crippen LogP contribution in [0, 0.1) is 5.95 Å². The van der Waals surface area contributed by atoms with Crippen LogP contribution in [0.5, 0.6) is 0 Å². The molecule has 1 aromatic rings. The van der Waals surface area contributed by atoms with Gasteiger partial charge >= 0.3 is 6.18 Å². The normalized spacial score (nSPS) is 14.1. The first kappa shape index (κ1) is 11.2. The lowest BCUT2D eigenvalue weighted by atomic mass is 10.1. The van der Waals surface area contributed by atoms with Crippen molar-refractivity contribution in [3.8, 4) is 0 Å². The van der Waals surface area contributed by atoms with Gasteiger partial charge in [0.2, 0.25) is 5.95 Å². The van der Waals surface area contributed by atoms with Crippen molar-refractivity contribution < 1.29 is 17.6 Å². The third-order valence-corrected chi connectivity index (χ3v) is 1.73. The molecule has 0 saturated carbocycles. The molecule has 0 aromatic carbocycles. The van der Waals surface area contributed by atoms with E-state index >= 15 is 0 Å². The summed E-state index contributed by atoms with van der Waals surface area (Å²) in [5.74, 6) is -1.26. The summed E-state index contributed by atoms with van der Waals surface area (Å²) < 4.78 is 49.1. The summed E-state index contributed by atoms with van der Waals surface area (Å²) in [7, 11) is 0. The van der Waals surface area contributed by atoms with Crippen molar-refractivity contribution in [1.29, 1.82) is 0 Å². The van der Waals surface area contributed by atoms with Gasteiger partial charge in [0.25, 0.3) is 0 Å². The molecular formula is C7H5ClF4N2. The highest BCUT2D eigenvalue weighted by Gasteiger charge is 2.39. The smallest absolute Gasteiger partial charge is 0.316 e. The molecule has 7 heteroatoms. The van der Waals surface area contributed by atoms with E-state index in [-0.39, 0.29) is 5.02 Å². The van der Waals surface area contributed by atoms with Gasteiger partial charge in [0.1, 0.15) is 6.04 Å². The Kier molecular flexibility index (Phi) is 2.96. The predicted octanol–water partition coefficient (Wildman–Crippen LogP) is 2.44. The highest BCUT2D eigenvalue weighted by Crippen LogP contribution is 2.32. The van der Waals surface area contributed by atoms with E-state index in [0.29, 0.717) is 0 Å². The highest BCUT2D eigenvalue weighted by molar-refractivity contribution is 6.30. The summed E-state index contributed by atoms with van der Waals surface area (Å²) in [5.41, 5.74) is 4.02. The van der Waals surface area contributed by atoms with Crippen molar-refractivity contribution in [3.05, 3.63) is 28.8 Å². The number of nitrogens with zero attached hydrogens (tertiary/aromatic N) is 1. The first-order chi connectivity index (χ1) is 6.32. The minimum absolute atomic E-state index is 0.0962. The van der Waals surface area contributed by atoms with Crippen LogP contribution in [-0.2, 0) is 0 Å². The molecule has 1 heterocycles. The molecule has 0 amide bonds. The summed E-state index contributed by atoms with van der Waals surface area (Å²) in [6.07, 6.45) is -3.81. The van der Waals surface area contributed by atoms with Gasteiger partial charge < -0.3 is 5.73 Å². The summed E-state index contributed by atoms with van der Waals surface area (Å²) in [4.78, 5) is 3.03. The molecular weight excluding hydrogens is 224 g/mol. The van der Waals surface area contributed by atoms with E-state index in [4.69, 9.17) is 17.3 Å². The van der Waals surface area contributed by atoms with E-state index in [1.54, 1.807) is 0 Å². The summed E-state index contributed by atoms with van der Waals surface area (Å²) in [6.45, 7) is 0. The van der Waals surface area contributed by atoms with E-state index in [1.807, 2.05) is 0 Å². The Morgan fingerprint density at radius 2 is 2.00 bits per heavy atom. The van der Waals surface area contributed by atoms with Gasteiger partial charge in [-0.05, 0) is 6.07 Å². The van der Waals surface area contributed by atoms with Gasteiger partial charge in [-0.15, -0.1) is 0 Å². The van der Waals surface area contributed by atoms with Crippen LogP contribution >= 0.6 is 11.6 Å². The van der Waals surface area contributed by atoms with Crippen molar-refractivity contribution in [2.75, 3.05) is 0 Å². The van der Waals surface area contributed by atoms with Gasteiger partial charge in [0.05, 0.1) is 5.02 Å². The van der Waals surface area contributed by atoms with E-state index in [1.165, 1.54) is 0 Å². The van der Waals surface area contributed by atoms with Crippen LogP contribution in [0.2, 0.25) is 5.02 Å². The molecule has 0 radical (unpaired) electrons. The van der Waals surface area contributed by atoms with Crippen LogP contribution in [0.25, 0.3) is 0 Å². The quantitative estimate of drug-likeness (QED) is 0.592. The van der Waals surface area contributed by atoms with Crippen LogP contribution in [0.3, 0.4) is 0 Å². The molecule has 1 atom stereocenters. The zero-order valence-corrected chi connectivity index (χ0v) is 7.40. The van der Waals surface area contributed by atoms with E-state index in [0.717, 1.165) is 12.3 Å². The van der Waals surface area contributed by atoms with Gasteiger partial charge in [-0.1, -0.05) is 11.6 Å². The molecule has 0 aliphatic heterocycles. The Morgan fingerprint density at radius 3 is 2.50 bits per heavy atom. The molecule has 0 unspecified atom stereocenters. The predicted molar refractivity (Wildman–Crippen MR) is 42.2 cm³/mol. The van der Waals surface area contributed by atoms with Crippen LogP contribution in [-0.4, -0.2) is 11.2 Å². The first-order valence-corrected chi connectivity index (χ1v) is 3.83. The Labute approximate surface area is 81.7 Å². The minimum Gasteiger partial charge on any atom is -0.316 e. The topological polar surface area (TPSA) is 38.9 Å². The first-order valence-electron chi connectivity index (χ1n) is 3.45. The second-order valence-electron chi connectivity index (χ2n) is 2.55. The number of hydrogen-bond donors (Lipinski definition) is 1. The number of aromatic nitrogens is 1. The van der Waals surface area contributed by atoms with E-state index in [2.05, 4.69) is 4.98 Å². The van der Waals surface area contributed by atoms with Crippen molar-refractivity contribution in [1.82, 2.24) is 4.98 Å². The fraction of sp³-hybridized carbons (Fsp3) is 0.286. The van der Waals surface area contributed by atoms with Gasteiger partial charge in [-0.2, -0.15) is 17.6 Å². The van der Waals surface area contributed by atoms with Gasteiger partial charge in [-0.3, -0.25) is 0 Å². The lowest BCUT2D eigenvalue weighted by Gasteiger charge is -2.15.